The Labute approximate surface area is 196 Å². The standard InChI is InChI=1S/C24H25Cl2F2N3O/c1-23(2,3)10-14-11-31(12-20(30)32)22(16-5-4-6-18(26)21(16)28)24(14,13-29)17-8-7-15(25)9-19(17)27/h4-9,14,22H,10-12H2,1-3H3,(H2,30,32). The first kappa shape index (κ1) is 24.4. The van der Waals surface area contributed by atoms with Crippen molar-refractivity contribution in [3.63, 3.8) is 0 Å². The van der Waals surface area contributed by atoms with Crippen molar-refractivity contribution >= 4 is 29.1 Å². The molecule has 1 aliphatic rings. The first-order chi connectivity index (χ1) is 14.9. The van der Waals surface area contributed by atoms with Crippen LogP contribution in [-0.4, -0.2) is 23.9 Å². The molecule has 1 heterocycles. The van der Waals surface area contributed by atoms with Gasteiger partial charge in [-0.15, -0.1) is 0 Å². The molecule has 3 rings (SSSR count). The number of halogens is 4. The molecule has 1 saturated heterocycles. The fraction of sp³-hybridized carbons (Fsp3) is 0.417. The normalized spacial score (nSPS) is 23.8. The van der Waals surface area contributed by atoms with Gasteiger partial charge in [-0.2, -0.15) is 5.26 Å². The number of primary amides is 1. The van der Waals surface area contributed by atoms with Crippen molar-refractivity contribution < 1.29 is 13.6 Å². The summed E-state index contributed by atoms with van der Waals surface area (Å²) in [5.74, 6) is -2.42. The molecular formula is C24H25Cl2F2N3O. The van der Waals surface area contributed by atoms with Gasteiger partial charge in [0, 0.05) is 22.7 Å². The maximum absolute atomic E-state index is 15.3. The van der Waals surface area contributed by atoms with E-state index in [4.69, 9.17) is 28.9 Å². The van der Waals surface area contributed by atoms with E-state index >= 15 is 8.78 Å². The SMILES string of the molecule is CC(C)(C)CC1CN(CC(N)=O)C(c2cccc(Cl)c2F)C1(C#N)c1ccc(Cl)cc1F. The molecule has 0 radical (unpaired) electrons. The number of benzene rings is 2. The first-order valence-corrected chi connectivity index (χ1v) is 11.0. The fourth-order valence-corrected chi connectivity index (χ4v) is 5.28. The van der Waals surface area contributed by atoms with E-state index in [9.17, 15) is 10.1 Å². The van der Waals surface area contributed by atoms with Gasteiger partial charge in [-0.3, -0.25) is 9.69 Å². The van der Waals surface area contributed by atoms with Gasteiger partial charge in [0.1, 0.15) is 17.0 Å². The Morgan fingerprint density at radius 2 is 1.97 bits per heavy atom. The highest BCUT2D eigenvalue weighted by molar-refractivity contribution is 6.31. The van der Waals surface area contributed by atoms with Crippen LogP contribution in [0.3, 0.4) is 0 Å². The highest BCUT2D eigenvalue weighted by Crippen LogP contribution is 2.56. The summed E-state index contributed by atoms with van der Waals surface area (Å²) in [6.45, 7) is 6.08. The maximum Gasteiger partial charge on any atom is 0.231 e. The molecule has 170 valence electrons. The van der Waals surface area contributed by atoms with Gasteiger partial charge < -0.3 is 5.73 Å². The van der Waals surface area contributed by atoms with Crippen molar-refractivity contribution in [3.8, 4) is 6.07 Å². The summed E-state index contributed by atoms with van der Waals surface area (Å²) in [7, 11) is 0. The molecule has 2 aromatic rings. The van der Waals surface area contributed by atoms with E-state index in [-0.39, 0.29) is 39.7 Å². The van der Waals surface area contributed by atoms with E-state index in [0.717, 1.165) is 6.07 Å². The molecule has 0 saturated carbocycles. The van der Waals surface area contributed by atoms with Gasteiger partial charge >= 0.3 is 0 Å². The zero-order valence-corrected chi connectivity index (χ0v) is 19.6. The molecule has 1 amide bonds. The second-order valence-corrected chi connectivity index (χ2v) is 10.4. The Bertz CT molecular complexity index is 1080. The van der Waals surface area contributed by atoms with Gasteiger partial charge in [-0.1, -0.05) is 62.2 Å². The average molecular weight is 480 g/mol. The summed E-state index contributed by atoms with van der Waals surface area (Å²) >= 11 is 12.0. The van der Waals surface area contributed by atoms with Crippen molar-refractivity contribution in [2.45, 2.75) is 38.6 Å². The molecule has 0 aliphatic carbocycles. The fourth-order valence-electron chi connectivity index (χ4n) is 4.94. The Kier molecular flexibility index (Phi) is 6.86. The van der Waals surface area contributed by atoms with Gasteiger partial charge in [-0.25, -0.2) is 8.78 Å². The highest BCUT2D eigenvalue weighted by Gasteiger charge is 2.58. The number of hydrogen-bond acceptors (Lipinski definition) is 3. The minimum Gasteiger partial charge on any atom is -0.369 e. The van der Waals surface area contributed by atoms with Gasteiger partial charge in [0.15, 0.2) is 0 Å². The van der Waals surface area contributed by atoms with Crippen molar-refractivity contribution in [1.29, 1.82) is 5.26 Å². The van der Waals surface area contributed by atoms with E-state index in [1.165, 1.54) is 24.3 Å². The van der Waals surface area contributed by atoms with E-state index < -0.39 is 34.9 Å². The van der Waals surface area contributed by atoms with Gasteiger partial charge in [0.05, 0.1) is 23.7 Å². The zero-order valence-electron chi connectivity index (χ0n) is 18.1. The number of carbonyl (C=O) groups excluding carboxylic acids is 1. The lowest BCUT2D eigenvalue weighted by Crippen LogP contribution is -2.41. The van der Waals surface area contributed by atoms with Crippen LogP contribution in [0.1, 0.15) is 44.4 Å². The lowest BCUT2D eigenvalue weighted by atomic mass is 9.63. The lowest BCUT2D eigenvalue weighted by molar-refractivity contribution is -0.119. The zero-order chi connectivity index (χ0) is 23.8. The molecule has 32 heavy (non-hydrogen) atoms. The van der Waals surface area contributed by atoms with Crippen molar-refractivity contribution in [3.05, 3.63) is 69.2 Å². The molecule has 0 spiro atoms. The quantitative estimate of drug-likeness (QED) is 0.603. The number of likely N-dealkylation sites (tertiary alicyclic amines) is 1. The molecule has 0 bridgehead atoms. The number of amides is 1. The summed E-state index contributed by atoms with van der Waals surface area (Å²) in [5.41, 5.74) is 3.98. The van der Waals surface area contributed by atoms with E-state index in [1.54, 1.807) is 11.0 Å². The number of nitrogens with two attached hydrogens (primary N) is 1. The van der Waals surface area contributed by atoms with Gasteiger partial charge in [0.25, 0.3) is 0 Å². The molecule has 1 aliphatic heterocycles. The van der Waals surface area contributed by atoms with Crippen LogP contribution in [0, 0.1) is 34.3 Å². The van der Waals surface area contributed by atoms with Crippen molar-refractivity contribution in [2.75, 3.05) is 13.1 Å². The van der Waals surface area contributed by atoms with Crippen LogP contribution in [0.25, 0.3) is 0 Å². The number of hydrogen-bond donors (Lipinski definition) is 1. The third-order valence-electron chi connectivity index (χ3n) is 5.95. The molecule has 3 unspecified atom stereocenters. The van der Waals surface area contributed by atoms with Crippen molar-refractivity contribution in [1.82, 2.24) is 4.90 Å². The molecule has 4 nitrogen and oxygen atoms in total. The van der Waals surface area contributed by atoms with Gasteiger partial charge in [-0.05, 0) is 36.0 Å². The van der Waals surface area contributed by atoms with Crippen LogP contribution in [-0.2, 0) is 10.2 Å². The summed E-state index contributed by atoms with van der Waals surface area (Å²) in [4.78, 5) is 13.6. The molecule has 0 aromatic heterocycles. The van der Waals surface area contributed by atoms with Crippen LogP contribution in [0.5, 0.6) is 0 Å². The molecule has 2 aromatic carbocycles. The second kappa shape index (κ2) is 8.97. The Morgan fingerprint density at radius 1 is 1.28 bits per heavy atom. The predicted molar refractivity (Wildman–Crippen MR) is 121 cm³/mol. The second-order valence-electron chi connectivity index (χ2n) is 9.51. The maximum atomic E-state index is 15.3. The summed E-state index contributed by atoms with van der Waals surface area (Å²) in [5, 5.41) is 10.7. The van der Waals surface area contributed by atoms with Crippen LogP contribution < -0.4 is 5.73 Å². The van der Waals surface area contributed by atoms with E-state index in [2.05, 4.69) is 6.07 Å². The summed E-state index contributed by atoms with van der Waals surface area (Å²) in [6, 6.07) is 9.96. The first-order valence-electron chi connectivity index (χ1n) is 10.2. The summed E-state index contributed by atoms with van der Waals surface area (Å²) in [6.07, 6.45) is 0.524. The van der Waals surface area contributed by atoms with Crippen LogP contribution >= 0.6 is 23.2 Å². The van der Waals surface area contributed by atoms with Gasteiger partial charge in [0.2, 0.25) is 5.91 Å². The Hall–Kier alpha value is -2.20. The monoisotopic (exact) mass is 479 g/mol. The topological polar surface area (TPSA) is 70.1 Å². The largest absolute Gasteiger partial charge is 0.369 e. The minimum absolute atomic E-state index is 0.106. The van der Waals surface area contributed by atoms with E-state index in [0.29, 0.717) is 6.42 Å². The third-order valence-corrected chi connectivity index (χ3v) is 6.48. The van der Waals surface area contributed by atoms with Crippen LogP contribution in [0.15, 0.2) is 36.4 Å². The number of rotatable bonds is 5. The lowest BCUT2D eigenvalue weighted by Gasteiger charge is -2.38. The predicted octanol–water partition coefficient (Wildman–Crippen LogP) is 5.63. The van der Waals surface area contributed by atoms with Crippen molar-refractivity contribution in [2.24, 2.45) is 17.1 Å². The Morgan fingerprint density at radius 3 is 2.53 bits per heavy atom. The molecule has 1 fully saturated rings. The third kappa shape index (κ3) is 4.47. The molecule has 8 heteroatoms. The molecule has 2 N–H and O–H groups in total. The number of nitrogens with zero attached hydrogens (tertiary/aromatic N) is 2. The number of carbonyl (C=O) groups is 1. The average Bonchev–Trinajstić information content (AvgIpc) is 2.95. The molecular weight excluding hydrogens is 455 g/mol. The summed E-state index contributed by atoms with van der Waals surface area (Å²) < 4.78 is 30.6. The molecule has 3 atom stereocenters. The smallest absolute Gasteiger partial charge is 0.231 e. The highest BCUT2D eigenvalue weighted by atomic mass is 35.5. The Balaban J connectivity index is 2.36. The number of nitriles is 1. The van der Waals surface area contributed by atoms with Crippen LogP contribution in [0.4, 0.5) is 8.78 Å². The minimum atomic E-state index is -1.51. The van der Waals surface area contributed by atoms with Crippen LogP contribution in [0.2, 0.25) is 10.0 Å². The van der Waals surface area contributed by atoms with E-state index in [1.807, 2.05) is 20.8 Å².